The minimum absolute atomic E-state index is 0.177. The average molecular weight is 446 g/mol. The van der Waals surface area contributed by atoms with Gasteiger partial charge in [0.1, 0.15) is 11.5 Å². The fourth-order valence-electron chi connectivity index (χ4n) is 3.30. The van der Waals surface area contributed by atoms with Gasteiger partial charge in [-0.15, -0.1) is 13.2 Å². The molecular weight excluding hydrogens is 429 g/mol. The smallest absolute Gasteiger partial charge is 0.454 e. The molecule has 31 heavy (non-hydrogen) atoms. The Morgan fingerprint density at radius 2 is 1.74 bits per heavy atom. The Balaban J connectivity index is 1.71. The average Bonchev–Trinajstić information content (AvgIpc) is 2.82. The van der Waals surface area contributed by atoms with Crippen molar-refractivity contribution in [1.29, 1.82) is 0 Å². The van der Waals surface area contributed by atoms with E-state index in [0.717, 1.165) is 28.9 Å². The van der Waals surface area contributed by atoms with Crippen molar-refractivity contribution >= 4 is 29.2 Å². The summed E-state index contributed by atoms with van der Waals surface area (Å²) in [6.07, 6.45) is -2.91. The monoisotopic (exact) mass is 446 g/mol. The molecular formula is C22H17F3N2O3S. The minimum atomic E-state index is -4.83. The molecule has 1 aliphatic rings. The van der Waals surface area contributed by atoms with Gasteiger partial charge in [-0.05, 0) is 47.5 Å². The van der Waals surface area contributed by atoms with Crippen LogP contribution in [0.2, 0.25) is 0 Å². The van der Waals surface area contributed by atoms with E-state index >= 15 is 0 Å². The first kappa shape index (κ1) is 20.9. The summed E-state index contributed by atoms with van der Waals surface area (Å²) in [5.74, 6) is -0.261. The highest BCUT2D eigenvalue weighted by Gasteiger charge is 2.32. The maximum Gasteiger partial charge on any atom is 0.573 e. The number of halogens is 3. The van der Waals surface area contributed by atoms with E-state index in [1.807, 2.05) is 36.6 Å². The minimum Gasteiger partial charge on any atom is -0.454 e. The van der Waals surface area contributed by atoms with E-state index in [1.54, 1.807) is 12.1 Å². The quantitative estimate of drug-likeness (QED) is 0.475. The normalized spacial score (nSPS) is 13.1. The molecule has 160 valence electrons. The molecule has 0 saturated carbocycles. The van der Waals surface area contributed by atoms with Gasteiger partial charge in [0.15, 0.2) is 5.75 Å². The summed E-state index contributed by atoms with van der Waals surface area (Å²) in [5.41, 5.74) is 3.11. The molecule has 9 heteroatoms. The third kappa shape index (κ3) is 4.41. The molecule has 0 spiro atoms. The fourth-order valence-corrected chi connectivity index (χ4v) is 3.66. The topological polar surface area (TPSA) is 50.8 Å². The first-order valence-electron chi connectivity index (χ1n) is 9.14. The highest BCUT2D eigenvalue weighted by Crippen LogP contribution is 2.42. The zero-order chi connectivity index (χ0) is 22.2. The number of hydrogen-bond donors (Lipinski definition) is 1. The van der Waals surface area contributed by atoms with Crippen molar-refractivity contribution in [2.45, 2.75) is 6.36 Å². The number of ether oxygens (including phenoxy) is 2. The number of hydrogen-bond acceptors (Lipinski definition) is 5. The Hall–Kier alpha value is -3.33. The van der Waals surface area contributed by atoms with Crippen LogP contribution in [0.1, 0.15) is 10.4 Å². The Morgan fingerprint density at radius 1 is 1.00 bits per heavy atom. The molecule has 0 atom stereocenters. The van der Waals surface area contributed by atoms with Crippen molar-refractivity contribution in [3.63, 3.8) is 0 Å². The number of nitrogens with zero attached hydrogens (tertiary/aromatic N) is 1. The summed E-state index contributed by atoms with van der Waals surface area (Å²) < 4.78 is 50.8. The van der Waals surface area contributed by atoms with Crippen molar-refractivity contribution in [3.8, 4) is 28.4 Å². The highest BCUT2D eigenvalue weighted by molar-refractivity contribution is 7.99. The lowest BCUT2D eigenvalue weighted by molar-refractivity contribution is -0.274. The van der Waals surface area contributed by atoms with Crippen LogP contribution in [0.25, 0.3) is 11.1 Å². The van der Waals surface area contributed by atoms with Gasteiger partial charge in [-0.3, -0.25) is 4.79 Å². The lowest BCUT2D eigenvalue weighted by atomic mass is 10.0. The first-order chi connectivity index (χ1) is 14.7. The Morgan fingerprint density at radius 3 is 2.48 bits per heavy atom. The van der Waals surface area contributed by atoms with E-state index in [4.69, 9.17) is 4.74 Å². The molecule has 3 aromatic rings. The summed E-state index contributed by atoms with van der Waals surface area (Å²) >= 11 is 1.47. The maximum atomic E-state index is 13.1. The molecule has 1 aliphatic heterocycles. The third-order valence-electron chi connectivity index (χ3n) is 4.68. The zero-order valence-electron chi connectivity index (χ0n) is 16.5. The van der Waals surface area contributed by atoms with Crippen molar-refractivity contribution < 1.29 is 27.4 Å². The molecule has 0 fully saturated rings. The van der Waals surface area contributed by atoms with Crippen LogP contribution in [-0.4, -0.2) is 25.6 Å². The van der Waals surface area contributed by atoms with Crippen molar-refractivity contribution in [2.24, 2.45) is 0 Å². The van der Waals surface area contributed by atoms with Gasteiger partial charge >= 0.3 is 6.36 Å². The van der Waals surface area contributed by atoms with E-state index in [2.05, 4.69) is 9.46 Å². The van der Waals surface area contributed by atoms with Crippen LogP contribution in [-0.2, 0) is 0 Å². The lowest BCUT2D eigenvalue weighted by Gasteiger charge is -2.18. The summed E-state index contributed by atoms with van der Waals surface area (Å²) in [6, 6.07) is 16.6. The molecule has 4 rings (SSSR count). The second-order valence-corrected chi connectivity index (χ2v) is 7.35. The molecule has 1 amide bonds. The predicted octanol–water partition coefficient (Wildman–Crippen LogP) is 6.32. The summed E-state index contributed by atoms with van der Waals surface area (Å²) in [7, 11) is 1.48. The molecule has 0 saturated heterocycles. The number of carbonyl (C=O) groups is 1. The zero-order valence-corrected chi connectivity index (χ0v) is 17.3. The molecule has 0 bridgehead atoms. The van der Waals surface area contributed by atoms with Gasteiger partial charge in [-0.2, -0.15) is 0 Å². The number of rotatable bonds is 4. The molecule has 3 aromatic carbocycles. The number of amides is 1. The van der Waals surface area contributed by atoms with Gasteiger partial charge in [-0.25, -0.2) is 0 Å². The van der Waals surface area contributed by atoms with Crippen LogP contribution in [0.15, 0.2) is 60.7 Å². The lowest BCUT2D eigenvalue weighted by Crippen LogP contribution is -2.25. The fraction of sp³-hybridized carbons (Fsp3) is 0.136. The Labute approximate surface area is 180 Å². The number of anilines is 2. The van der Waals surface area contributed by atoms with Crippen LogP contribution in [0.5, 0.6) is 17.2 Å². The molecule has 1 heterocycles. The van der Waals surface area contributed by atoms with Crippen LogP contribution in [0.3, 0.4) is 0 Å². The highest BCUT2D eigenvalue weighted by atomic mass is 32.2. The Bertz CT molecular complexity index is 1150. The van der Waals surface area contributed by atoms with E-state index in [0.29, 0.717) is 11.3 Å². The van der Waals surface area contributed by atoms with E-state index in [9.17, 15) is 18.0 Å². The van der Waals surface area contributed by atoms with Crippen LogP contribution in [0.4, 0.5) is 24.5 Å². The number of fused-ring (bicyclic) bond motifs is 2. The standard InChI is InChI=1S/C22H17F3N2O3S/c1-27-18-12-16(30-22(23,24)25)7-9-20(18)29-19-8-6-14(11-17(19)21(27)28)13-4-3-5-15(10-13)26-31-2/h3-12,26H,1-2H3. The molecule has 1 N–H and O–H groups in total. The molecule has 0 unspecified atom stereocenters. The maximum absolute atomic E-state index is 13.1. The number of carbonyl (C=O) groups excluding carboxylic acids is 1. The number of benzene rings is 3. The SMILES string of the molecule is CSNc1cccc(-c2ccc3c(c2)C(=O)N(C)c2cc(OC(F)(F)F)ccc2O3)c1. The van der Waals surface area contributed by atoms with Gasteiger partial charge < -0.3 is 19.1 Å². The van der Waals surface area contributed by atoms with Crippen molar-refractivity contribution in [1.82, 2.24) is 0 Å². The van der Waals surface area contributed by atoms with E-state index in [1.165, 1.54) is 30.0 Å². The van der Waals surface area contributed by atoms with E-state index < -0.39 is 18.0 Å². The van der Waals surface area contributed by atoms with Gasteiger partial charge in [0, 0.05) is 25.1 Å². The Kier molecular flexibility index (Phi) is 5.45. The first-order valence-corrected chi connectivity index (χ1v) is 10.4. The summed E-state index contributed by atoms with van der Waals surface area (Å²) in [6.45, 7) is 0. The van der Waals surface area contributed by atoms with Gasteiger partial charge in [0.2, 0.25) is 0 Å². The number of nitrogens with one attached hydrogen (secondary N) is 1. The molecule has 0 aromatic heterocycles. The van der Waals surface area contributed by atoms with E-state index in [-0.39, 0.29) is 11.4 Å². The van der Waals surface area contributed by atoms with Crippen molar-refractivity contribution in [3.05, 3.63) is 66.2 Å². The second kappa shape index (κ2) is 8.07. The van der Waals surface area contributed by atoms with Crippen LogP contribution < -0.4 is 19.1 Å². The molecule has 0 aliphatic carbocycles. The summed E-state index contributed by atoms with van der Waals surface area (Å²) in [4.78, 5) is 14.4. The second-order valence-electron chi connectivity index (χ2n) is 6.74. The van der Waals surface area contributed by atoms with Gasteiger partial charge in [-0.1, -0.05) is 30.1 Å². The number of alkyl halides is 3. The third-order valence-corrected chi connectivity index (χ3v) is 5.12. The molecule has 5 nitrogen and oxygen atoms in total. The largest absolute Gasteiger partial charge is 0.573 e. The summed E-state index contributed by atoms with van der Waals surface area (Å²) in [5, 5.41) is 0. The predicted molar refractivity (Wildman–Crippen MR) is 115 cm³/mol. The molecule has 0 radical (unpaired) electrons. The van der Waals surface area contributed by atoms with Gasteiger partial charge in [0.25, 0.3) is 5.91 Å². The van der Waals surface area contributed by atoms with Gasteiger partial charge in [0.05, 0.1) is 11.3 Å². The van der Waals surface area contributed by atoms with Crippen LogP contribution in [0, 0.1) is 0 Å². The van der Waals surface area contributed by atoms with Crippen molar-refractivity contribution in [2.75, 3.05) is 22.9 Å². The van der Waals surface area contributed by atoms with Crippen LogP contribution >= 0.6 is 11.9 Å².